The third-order valence-corrected chi connectivity index (χ3v) is 4.06. The fraction of sp³-hybridized carbons (Fsp3) is 0.200. The normalized spacial score (nSPS) is 10.7. The minimum Gasteiger partial charge on any atom is -0.496 e. The van der Waals surface area contributed by atoms with Crippen molar-refractivity contribution in [1.29, 1.82) is 0 Å². The average molecular weight is 338 g/mol. The van der Waals surface area contributed by atoms with Gasteiger partial charge in [0.2, 0.25) is 0 Å². The number of rotatable bonds is 4. The number of hydrogen-bond donors (Lipinski definition) is 1. The second-order valence-electron chi connectivity index (χ2n) is 6.00. The first kappa shape index (κ1) is 16.9. The molecule has 4 nitrogen and oxygen atoms in total. The molecule has 1 N–H and O–H groups in total. The Balaban J connectivity index is 1.89. The molecule has 0 fully saturated rings. The van der Waals surface area contributed by atoms with Crippen LogP contribution >= 0.6 is 0 Å². The van der Waals surface area contributed by atoms with E-state index in [1.54, 1.807) is 6.92 Å². The summed E-state index contributed by atoms with van der Waals surface area (Å²) in [6.45, 7) is 4.17. The molecule has 128 valence electrons. The number of amides is 1. The van der Waals surface area contributed by atoms with Crippen molar-refractivity contribution in [3.05, 3.63) is 70.7 Å². The summed E-state index contributed by atoms with van der Waals surface area (Å²) < 4.78 is 19.0. The lowest BCUT2D eigenvalue weighted by atomic mass is 10.1. The zero-order chi connectivity index (χ0) is 18.0. The van der Waals surface area contributed by atoms with Gasteiger partial charge in [0.25, 0.3) is 5.91 Å². The van der Waals surface area contributed by atoms with Crippen LogP contribution < -0.4 is 10.1 Å². The SMILES string of the molecule is COc1cc(C(=O)NCc2ccc(C)cc2)nc2c(C)cc(F)cc12. The van der Waals surface area contributed by atoms with Crippen molar-refractivity contribution in [3.63, 3.8) is 0 Å². The van der Waals surface area contributed by atoms with E-state index in [9.17, 15) is 9.18 Å². The van der Waals surface area contributed by atoms with Crippen LogP contribution in [0.1, 0.15) is 27.2 Å². The van der Waals surface area contributed by atoms with Gasteiger partial charge in [-0.3, -0.25) is 4.79 Å². The number of hydrogen-bond acceptors (Lipinski definition) is 3. The lowest BCUT2D eigenvalue weighted by Crippen LogP contribution is -2.24. The highest BCUT2D eigenvalue weighted by atomic mass is 19.1. The fourth-order valence-electron chi connectivity index (χ4n) is 2.69. The molecule has 0 aliphatic carbocycles. The molecule has 1 heterocycles. The molecule has 1 amide bonds. The monoisotopic (exact) mass is 338 g/mol. The van der Waals surface area contributed by atoms with Crippen LogP contribution in [0.4, 0.5) is 4.39 Å². The van der Waals surface area contributed by atoms with Crippen LogP contribution in [0, 0.1) is 19.7 Å². The molecule has 25 heavy (non-hydrogen) atoms. The molecule has 0 saturated carbocycles. The van der Waals surface area contributed by atoms with Gasteiger partial charge in [-0.05, 0) is 37.1 Å². The summed E-state index contributed by atoms with van der Waals surface area (Å²) in [5.74, 6) is -0.237. The number of pyridine rings is 1. The van der Waals surface area contributed by atoms with E-state index in [2.05, 4.69) is 10.3 Å². The number of nitrogens with zero attached hydrogens (tertiary/aromatic N) is 1. The van der Waals surface area contributed by atoms with Crippen molar-refractivity contribution in [2.24, 2.45) is 0 Å². The van der Waals surface area contributed by atoms with Gasteiger partial charge in [-0.15, -0.1) is 0 Å². The van der Waals surface area contributed by atoms with Gasteiger partial charge in [-0.2, -0.15) is 0 Å². The minimum atomic E-state index is -0.360. The predicted molar refractivity (Wildman–Crippen MR) is 95.3 cm³/mol. The maximum absolute atomic E-state index is 13.6. The van der Waals surface area contributed by atoms with Crippen molar-refractivity contribution in [1.82, 2.24) is 10.3 Å². The molecule has 0 saturated heterocycles. The second kappa shape index (κ2) is 6.89. The quantitative estimate of drug-likeness (QED) is 0.784. The van der Waals surface area contributed by atoms with E-state index in [-0.39, 0.29) is 17.4 Å². The highest BCUT2D eigenvalue weighted by Crippen LogP contribution is 2.28. The van der Waals surface area contributed by atoms with E-state index >= 15 is 0 Å². The van der Waals surface area contributed by atoms with Crippen molar-refractivity contribution in [2.75, 3.05) is 7.11 Å². The lowest BCUT2D eigenvalue weighted by molar-refractivity contribution is 0.0946. The van der Waals surface area contributed by atoms with Gasteiger partial charge in [0.15, 0.2) is 0 Å². The Morgan fingerprint density at radius 3 is 2.56 bits per heavy atom. The molecule has 0 spiro atoms. The number of carbonyl (C=O) groups excluding carboxylic acids is 1. The number of aromatic nitrogens is 1. The molecule has 3 rings (SSSR count). The maximum Gasteiger partial charge on any atom is 0.270 e. The van der Waals surface area contributed by atoms with Crippen LogP contribution in [0.15, 0.2) is 42.5 Å². The van der Waals surface area contributed by atoms with Crippen LogP contribution in [-0.4, -0.2) is 18.0 Å². The van der Waals surface area contributed by atoms with Crippen molar-refractivity contribution >= 4 is 16.8 Å². The molecular formula is C20H19FN2O2. The molecule has 0 atom stereocenters. The molecule has 0 unspecified atom stereocenters. The van der Waals surface area contributed by atoms with Crippen LogP contribution in [0.25, 0.3) is 10.9 Å². The molecule has 0 aliphatic rings. The Morgan fingerprint density at radius 1 is 1.16 bits per heavy atom. The number of carbonyl (C=O) groups is 1. The number of ether oxygens (including phenoxy) is 1. The first-order valence-electron chi connectivity index (χ1n) is 7.96. The highest BCUT2D eigenvalue weighted by Gasteiger charge is 2.15. The number of methoxy groups -OCH3 is 1. The summed E-state index contributed by atoms with van der Waals surface area (Å²) in [7, 11) is 1.49. The Hall–Kier alpha value is -2.95. The van der Waals surface area contributed by atoms with E-state index in [0.29, 0.717) is 28.8 Å². The van der Waals surface area contributed by atoms with Crippen LogP contribution in [0.2, 0.25) is 0 Å². The third-order valence-electron chi connectivity index (χ3n) is 4.06. The van der Waals surface area contributed by atoms with E-state index in [4.69, 9.17) is 4.74 Å². The Labute approximate surface area is 145 Å². The Morgan fingerprint density at radius 2 is 1.88 bits per heavy atom. The molecule has 2 aromatic carbocycles. The van der Waals surface area contributed by atoms with Crippen molar-refractivity contribution in [3.8, 4) is 5.75 Å². The van der Waals surface area contributed by atoms with Gasteiger partial charge < -0.3 is 10.1 Å². The summed E-state index contributed by atoms with van der Waals surface area (Å²) in [5.41, 5.74) is 3.62. The van der Waals surface area contributed by atoms with Gasteiger partial charge in [-0.25, -0.2) is 9.37 Å². The summed E-state index contributed by atoms with van der Waals surface area (Å²) in [6, 6.07) is 12.2. The smallest absolute Gasteiger partial charge is 0.270 e. The number of aryl methyl sites for hydroxylation is 2. The van der Waals surface area contributed by atoms with Crippen LogP contribution in [0.5, 0.6) is 5.75 Å². The standard InChI is InChI=1S/C20H19FN2O2/c1-12-4-6-14(7-5-12)11-22-20(24)17-10-18(25-3)16-9-15(21)8-13(2)19(16)23-17/h4-10H,11H2,1-3H3,(H,22,24). The molecule has 1 aromatic heterocycles. The first-order chi connectivity index (χ1) is 12.0. The molecule has 0 bridgehead atoms. The van der Waals surface area contributed by atoms with Gasteiger partial charge in [0.1, 0.15) is 17.3 Å². The first-order valence-corrected chi connectivity index (χ1v) is 7.96. The Kier molecular flexibility index (Phi) is 4.65. The van der Waals surface area contributed by atoms with Crippen LogP contribution in [-0.2, 0) is 6.54 Å². The zero-order valence-electron chi connectivity index (χ0n) is 14.4. The summed E-state index contributed by atoms with van der Waals surface area (Å²) in [6.07, 6.45) is 0. The lowest BCUT2D eigenvalue weighted by Gasteiger charge is -2.11. The summed E-state index contributed by atoms with van der Waals surface area (Å²) in [4.78, 5) is 16.9. The molecule has 5 heteroatoms. The molecule has 0 radical (unpaired) electrons. The van der Waals surface area contributed by atoms with E-state index in [0.717, 1.165) is 5.56 Å². The summed E-state index contributed by atoms with van der Waals surface area (Å²) >= 11 is 0. The Bertz CT molecular complexity index is 937. The number of halogens is 1. The number of benzene rings is 2. The molecule has 0 aliphatic heterocycles. The van der Waals surface area contributed by atoms with Crippen molar-refractivity contribution in [2.45, 2.75) is 20.4 Å². The minimum absolute atomic E-state index is 0.242. The summed E-state index contributed by atoms with van der Waals surface area (Å²) in [5, 5.41) is 3.40. The highest BCUT2D eigenvalue weighted by molar-refractivity contribution is 5.97. The fourth-order valence-corrected chi connectivity index (χ4v) is 2.69. The number of nitrogens with one attached hydrogen (secondary N) is 1. The van der Waals surface area contributed by atoms with E-state index in [1.165, 1.54) is 30.9 Å². The van der Waals surface area contributed by atoms with Gasteiger partial charge in [0, 0.05) is 18.0 Å². The zero-order valence-corrected chi connectivity index (χ0v) is 14.4. The van der Waals surface area contributed by atoms with Gasteiger partial charge in [-0.1, -0.05) is 29.8 Å². The molecule has 3 aromatic rings. The van der Waals surface area contributed by atoms with Gasteiger partial charge >= 0.3 is 0 Å². The van der Waals surface area contributed by atoms with E-state index < -0.39 is 0 Å². The second-order valence-corrected chi connectivity index (χ2v) is 6.00. The predicted octanol–water partition coefficient (Wildman–Crippen LogP) is 3.93. The number of fused-ring (bicyclic) bond motifs is 1. The topological polar surface area (TPSA) is 51.2 Å². The third kappa shape index (κ3) is 3.60. The van der Waals surface area contributed by atoms with Crippen molar-refractivity contribution < 1.29 is 13.9 Å². The largest absolute Gasteiger partial charge is 0.496 e. The van der Waals surface area contributed by atoms with E-state index in [1.807, 2.05) is 31.2 Å². The molecular weight excluding hydrogens is 319 g/mol. The van der Waals surface area contributed by atoms with Gasteiger partial charge in [0.05, 0.1) is 12.6 Å². The maximum atomic E-state index is 13.6. The average Bonchev–Trinajstić information content (AvgIpc) is 2.60. The van der Waals surface area contributed by atoms with Crippen LogP contribution in [0.3, 0.4) is 0 Å².